The number of rotatable bonds is 7. The number of aliphatic hydroxyl groups excluding tert-OH is 1. The van der Waals surface area contributed by atoms with Gasteiger partial charge in [0.25, 0.3) is 0 Å². The van der Waals surface area contributed by atoms with Crippen molar-refractivity contribution in [1.29, 1.82) is 0 Å². The third-order valence-corrected chi connectivity index (χ3v) is 3.69. The lowest BCUT2D eigenvalue weighted by Gasteiger charge is -2.19. The SMILES string of the molecule is C[C@@H](NCC(O)COC1CCCC1)c1ccncc1. The number of hydrogen-bond donors (Lipinski definition) is 2. The zero-order valence-corrected chi connectivity index (χ0v) is 11.6. The summed E-state index contributed by atoms with van der Waals surface area (Å²) in [6.07, 6.45) is 8.31. The molecule has 1 heterocycles. The smallest absolute Gasteiger partial charge is 0.0898 e. The van der Waals surface area contributed by atoms with Crippen molar-refractivity contribution >= 4 is 0 Å². The van der Waals surface area contributed by atoms with Gasteiger partial charge in [-0.05, 0) is 37.5 Å². The molecule has 0 aliphatic heterocycles. The van der Waals surface area contributed by atoms with Gasteiger partial charge in [-0.15, -0.1) is 0 Å². The minimum absolute atomic E-state index is 0.212. The second-order valence-electron chi connectivity index (χ2n) is 5.30. The highest BCUT2D eigenvalue weighted by molar-refractivity contribution is 5.13. The summed E-state index contributed by atoms with van der Waals surface area (Å²) in [6, 6.07) is 4.18. The first-order chi connectivity index (χ1) is 9.25. The van der Waals surface area contributed by atoms with Crippen molar-refractivity contribution in [3.63, 3.8) is 0 Å². The van der Waals surface area contributed by atoms with E-state index in [1.165, 1.54) is 18.4 Å². The highest BCUT2D eigenvalue weighted by Gasteiger charge is 2.17. The monoisotopic (exact) mass is 264 g/mol. The maximum Gasteiger partial charge on any atom is 0.0898 e. The molecule has 0 amide bonds. The fourth-order valence-corrected chi connectivity index (χ4v) is 2.44. The molecule has 1 saturated carbocycles. The molecule has 4 nitrogen and oxygen atoms in total. The Hall–Kier alpha value is -0.970. The third-order valence-electron chi connectivity index (χ3n) is 3.69. The molecule has 19 heavy (non-hydrogen) atoms. The molecule has 0 bridgehead atoms. The van der Waals surface area contributed by atoms with Crippen LogP contribution in [0.1, 0.15) is 44.2 Å². The van der Waals surface area contributed by atoms with Crippen LogP contribution in [-0.4, -0.2) is 35.5 Å². The molecule has 1 aliphatic rings. The summed E-state index contributed by atoms with van der Waals surface area (Å²) in [6.45, 7) is 3.07. The molecule has 2 rings (SSSR count). The van der Waals surface area contributed by atoms with Crippen molar-refractivity contribution in [2.75, 3.05) is 13.2 Å². The maximum atomic E-state index is 9.91. The van der Waals surface area contributed by atoms with E-state index in [0.717, 1.165) is 12.8 Å². The van der Waals surface area contributed by atoms with Gasteiger partial charge < -0.3 is 15.2 Å². The van der Waals surface area contributed by atoms with Crippen LogP contribution in [0.2, 0.25) is 0 Å². The lowest BCUT2D eigenvalue weighted by atomic mass is 10.1. The van der Waals surface area contributed by atoms with Gasteiger partial charge in [0.15, 0.2) is 0 Å². The Kier molecular flexibility index (Phi) is 5.76. The van der Waals surface area contributed by atoms with Crippen LogP contribution in [0.3, 0.4) is 0 Å². The van der Waals surface area contributed by atoms with Crippen molar-refractivity contribution < 1.29 is 9.84 Å². The van der Waals surface area contributed by atoms with Crippen molar-refractivity contribution in [2.45, 2.75) is 50.9 Å². The zero-order chi connectivity index (χ0) is 13.5. The van der Waals surface area contributed by atoms with Gasteiger partial charge in [0.2, 0.25) is 0 Å². The largest absolute Gasteiger partial charge is 0.389 e. The lowest BCUT2D eigenvalue weighted by Crippen LogP contribution is -2.33. The number of nitrogens with one attached hydrogen (secondary N) is 1. The van der Waals surface area contributed by atoms with Crippen LogP contribution in [0, 0.1) is 0 Å². The van der Waals surface area contributed by atoms with Gasteiger partial charge in [0.1, 0.15) is 0 Å². The molecule has 1 aromatic heterocycles. The Bertz CT molecular complexity index is 352. The average molecular weight is 264 g/mol. The van der Waals surface area contributed by atoms with Crippen LogP contribution in [0.5, 0.6) is 0 Å². The van der Waals surface area contributed by atoms with Gasteiger partial charge in [-0.2, -0.15) is 0 Å². The number of aliphatic hydroxyl groups is 1. The topological polar surface area (TPSA) is 54.4 Å². The molecule has 0 spiro atoms. The van der Waals surface area contributed by atoms with Crippen molar-refractivity contribution in [1.82, 2.24) is 10.3 Å². The van der Waals surface area contributed by atoms with E-state index in [9.17, 15) is 5.11 Å². The molecular formula is C15H24N2O2. The van der Waals surface area contributed by atoms with Crippen LogP contribution in [0.25, 0.3) is 0 Å². The van der Waals surface area contributed by atoms with Crippen LogP contribution in [0.4, 0.5) is 0 Å². The highest BCUT2D eigenvalue weighted by Crippen LogP contribution is 2.20. The minimum atomic E-state index is -0.440. The molecule has 1 aliphatic carbocycles. The third kappa shape index (κ3) is 4.90. The predicted molar refractivity (Wildman–Crippen MR) is 74.9 cm³/mol. The first-order valence-corrected chi connectivity index (χ1v) is 7.18. The van der Waals surface area contributed by atoms with Crippen molar-refractivity contribution in [3.8, 4) is 0 Å². The van der Waals surface area contributed by atoms with Gasteiger partial charge >= 0.3 is 0 Å². The van der Waals surface area contributed by atoms with E-state index in [0.29, 0.717) is 19.3 Å². The molecule has 1 fully saturated rings. The number of hydrogen-bond acceptors (Lipinski definition) is 4. The Morgan fingerprint density at radius 3 is 2.74 bits per heavy atom. The Morgan fingerprint density at radius 1 is 1.37 bits per heavy atom. The molecule has 0 aromatic carbocycles. The van der Waals surface area contributed by atoms with E-state index < -0.39 is 6.10 Å². The quantitative estimate of drug-likeness (QED) is 0.791. The van der Waals surface area contributed by atoms with Gasteiger partial charge in [-0.1, -0.05) is 12.8 Å². The number of pyridine rings is 1. The summed E-state index contributed by atoms with van der Waals surface area (Å²) in [7, 11) is 0. The van der Waals surface area contributed by atoms with Gasteiger partial charge in [0.05, 0.1) is 18.8 Å². The van der Waals surface area contributed by atoms with E-state index in [-0.39, 0.29) is 6.04 Å². The summed E-state index contributed by atoms with van der Waals surface area (Å²) < 4.78 is 5.70. The number of aromatic nitrogens is 1. The fraction of sp³-hybridized carbons (Fsp3) is 0.667. The molecule has 4 heteroatoms. The second kappa shape index (κ2) is 7.58. The first-order valence-electron chi connectivity index (χ1n) is 7.18. The highest BCUT2D eigenvalue weighted by atomic mass is 16.5. The standard InChI is InChI=1S/C15H24N2O2/c1-12(13-6-8-16-9-7-13)17-10-14(18)11-19-15-4-2-3-5-15/h6-9,12,14-15,17-18H,2-5,10-11H2,1H3/t12-,14?/m1/s1. The molecular weight excluding hydrogens is 240 g/mol. The Labute approximate surface area is 115 Å². The molecule has 2 atom stereocenters. The van der Waals surface area contributed by atoms with Gasteiger partial charge in [-0.3, -0.25) is 4.98 Å². The van der Waals surface area contributed by atoms with Gasteiger partial charge in [0, 0.05) is 25.0 Å². The summed E-state index contributed by atoms with van der Waals surface area (Å²) >= 11 is 0. The molecule has 2 N–H and O–H groups in total. The zero-order valence-electron chi connectivity index (χ0n) is 11.6. The molecule has 106 valence electrons. The van der Waals surface area contributed by atoms with Crippen LogP contribution in [0.15, 0.2) is 24.5 Å². The predicted octanol–water partition coefficient (Wildman–Crippen LogP) is 2.05. The molecule has 1 unspecified atom stereocenters. The van der Waals surface area contributed by atoms with Crippen molar-refractivity contribution in [3.05, 3.63) is 30.1 Å². The summed E-state index contributed by atoms with van der Waals surface area (Å²) in [5.74, 6) is 0. The van der Waals surface area contributed by atoms with Crippen molar-refractivity contribution in [2.24, 2.45) is 0 Å². The van der Waals surface area contributed by atoms with Crippen LogP contribution >= 0.6 is 0 Å². The molecule has 1 aromatic rings. The number of ether oxygens (including phenoxy) is 1. The van der Waals surface area contributed by atoms with E-state index in [4.69, 9.17) is 4.74 Å². The van der Waals surface area contributed by atoms with Gasteiger partial charge in [-0.25, -0.2) is 0 Å². The maximum absolute atomic E-state index is 9.91. The first kappa shape index (κ1) is 14.4. The van der Waals surface area contributed by atoms with E-state index in [1.54, 1.807) is 12.4 Å². The minimum Gasteiger partial charge on any atom is -0.389 e. The van der Waals surface area contributed by atoms with E-state index >= 15 is 0 Å². The summed E-state index contributed by atoms with van der Waals surface area (Å²) in [4.78, 5) is 4.00. The fourth-order valence-electron chi connectivity index (χ4n) is 2.44. The Balaban J connectivity index is 1.64. The number of nitrogens with zero attached hydrogens (tertiary/aromatic N) is 1. The average Bonchev–Trinajstić information content (AvgIpc) is 2.96. The van der Waals surface area contributed by atoms with E-state index in [2.05, 4.69) is 17.2 Å². The Morgan fingerprint density at radius 2 is 2.05 bits per heavy atom. The summed E-state index contributed by atoms with van der Waals surface area (Å²) in [5.41, 5.74) is 1.18. The molecule has 0 radical (unpaired) electrons. The summed E-state index contributed by atoms with van der Waals surface area (Å²) in [5, 5.41) is 13.2. The lowest BCUT2D eigenvalue weighted by molar-refractivity contribution is -0.00610. The van der Waals surface area contributed by atoms with E-state index in [1.807, 2.05) is 12.1 Å². The second-order valence-corrected chi connectivity index (χ2v) is 5.30. The normalized spacial score (nSPS) is 19.5. The molecule has 0 saturated heterocycles. The van der Waals surface area contributed by atoms with Crippen LogP contribution in [-0.2, 0) is 4.74 Å². The van der Waals surface area contributed by atoms with Crippen LogP contribution < -0.4 is 5.32 Å².